The average molecular weight is 485 g/mol. The summed E-state index contributed by atoms with van der Waals surface area (Å²) in [6.07, 6.45) is 0.849. The van der Waals surface area contributed by atoms with Crippen LogP contribution in [-0.2, 0) is 21.2 Å². The van der Waals surface area contributed by atoms with E-state index in [1.807, 2.05) is 25.1 Å². The van der Waals surface area contributed by atoms with Crippen molar-refractivity contribution in [2.45, 2.75) is 30.7 Å². The van der Waals surface area contributed by atoms with E-state index in [4.69, 9.17) is 9.47 Å². The second-order valence-electron chi connectivity index (χ2n) is 7.86. The lowest BCUT2D eigenvalue weighted by Gasteiger charge is -2.22. The Hall–Kier alpha value is -3.59. The van der Waals surface area contributed by atoms with Gasteiger partial charge >= 0.3 is 0 Å². The Morgan fingerprint density at radius 1 is 0.971 bits per heavy atom. The number of fused-ring (bicyclic) bond motifs is 1. The standard InChI is InChI=1S/C25H25FN2O5S/c1-2-22(18-5-12-23-24(16-18)33-14-13-32-23)27-25(29)15-17-3-8-20(9-4-17)28-34(30,31)21-10-6-19(26)7-11-21/h3-12,16,22,28H,2,13-15H2,1H3,(H,27,29). The van der Waals surface area contributed by atoms with Crippen LogP contribution in [0.3, 0.4) is 0 Å². The molecule has 4 rings (SSSR count). The molecule has 3 aromatic rings. The Morgan fingerprint density at radius 2 is 1.65 bits per heavy atom. The van der Waals surface area contributed by atoms with Gasteiger partial charge in [-0.15, -0.1) is 0 Å². The van der Waals surface area contributed by atoms with Crippen LogP contribution < -0.4 is 19.5 Å². The van der Waals surface area contributed by atoms with Crippen molar-refractivity contribution in [2.24, 2.45) is 0 Å². The Bertz CT molecular complexity index is 1260. The van der Waals surface area contributed by atoms with E-state index >= 15 is 0 Å². The number of hydrogen-bond acceptors (Lipinski definition) is 5. The topological polar surface area (TPSA) is 93.7 Å². The zero-order chi connectivity index (χ0) is 24.1. The monoisotopic (exact) mass is 484 g/mol. The number of carbonyl (C=O) groups excluding carboxylic acids is 1. The van der Waals surface area contributed by atoms with Crippen LogP contribution in [0.2, 0.25) is 0 Å². The molecule has 178 valence electrons. The molecule has 1 amide bonds. The molecule has 0 aromatic heterocycles. The maximum Gasteiger partial charge on any atom is 0.261 e. The molecule has 0 radical (unpaired) electrons. The Labute approximate surface area is 198 Å². The first-order valence-electron chi connectivity index (χ1n) is 10.9. The summed E-state index contributed by atoms with van der Waals surface area (Å²) in [4.78, 5) is 12.6. The van der Waals surface area contributed by atoms with Crippen LogP contribution in [0.15, 0.2) is 71.6 Å². The molecule has 0 spiro atoms. The third-order valence-corrected chi connectivity index (χ3v) is 6.80. The van der Waals surface area contributed by atoms with Crippen LogP contribution in [0, 0.1) is 5.82 Å². The van der Waals surface area contributed by atoms with Crippen molar-refractivity contribution in [1.29, 1.82) is 0 Å². The van der Waals surface area contributed by atoms with Crippen molar-refractivity contribution in [3.05, 3.63) is 83.7 Å². The van der Waals surface area contributed by atoms with Crippen LogP contribution in [-0.4, -0.2) is 27.5 Å². The van der Waals surface area contributed by atoms with Gasteiger partial charge in [0.25, 0.3) is 10.0 Å². The van der Waals surface area contributed by atoms with Gasteiger partial charge in [0.2, 0.25) is 5.91 Å². The van der Waals surface area contributed by atoms with E-state index in [2.05, 4.69) is 10.0 Å². The van der Waals surface area contributed by atoms with Crippen LogP contribution in [0.5, 0.6) is 11.5 Å². The second kappa shape index (κ2) is 10.1. The van der Waals surface area contributed by atoms with Crippen molar-refractivity contribution in [3.63, 3.8) is 0 Å². The van der Waals surface area contributed by atoms with Crippen molar-refractivity contribution >= 4 is 21.6 Å². The molecule has 3 aromatic carbocycles. The van der Waals surface area contributed by atoms with Gasteiger partial charge in [0.1, 0.15) is 19.0 Å². The van der Waals surface area contributed by atoms with Crippen LogP contribution >= 0.6 is 0 Å². The molecule has 0 saturated heterocycles. The highest BCUT2D eigenvalue weighted by Gasteiger charge is 2.18. The van der Waals surface area contributed by atoms with E-state index in [1.54, 1.807) is 24.3 Å². The average Bonchev–Trinajstić information content (AvgIpc) is 2.83. The molecule has 0 saturated carbocycles. The van der Waals surface area contributed by atoms with E-state index in [1.165, 1.54) is 12.1 Å². The quantitative estimate of drug-likeness (QED) is 0.500. The number of amides is 1. The summed E-state index contributed by atoms with van der Waals surface area (Å²) in [6, 6.07) is 16.6. The lowest BCUT2D eigenvalue weighted by atomic mass is 10.0. The first kappa shape index (κ1) is 23.6. The molecule has 34 heavy (non-hydrogen) atoms. The fraction of sp³-hybridized carbons (Fsp3) is 0.240. The third-order valence-electron chi connectivity index (χ3n) is 5.41. The smallest absolute Gasteiger partial charge is 0.261 e. The van der Waals surface area contributed by atoms with E-state index < -0.39 is 15.8 Å². The zero-order valence-electron chi connectivity index (χ0n) is 18.6. The van der Waals surface area contributed by atoms with Crippen molar-refractivity contribution < 1.29 is 27.1 Å². The highest BCUT2D eigenvalue weighted by Crippen LogP contribution is 2.33. The molecule has 1 aliphatic heterocycles. The summed E-state index contributed by atoms with van der Waals surface area (Å²) >= 11 is 0. The van der Waals surface area contributed by atoms with Gasteiger partial charge in [0, 0.05) is 5.69 Å². The molecule has 0 bridgehead atoms. The Morgan fingerprint density at radius 3 is 2.32 bits per heavy atom. The van der Waals surface area contributed by atoms with Crippen LogP contribution in [0.25, 0.3) is 0 Å². The lowest BCUT2D eigenvalue weighted by Crippen LogP contribution is -2.29. The van der Waals surface area contributed by atoms with Crippen molar-refractivity contribution in [2.75, 3.05) is 17.9 Å². The predicted molar refractivity (Wildman–Crippen MR) is 126 cm³/mol. The number of ether oxygens (including phenoxy) is 2. The highest BCUT2D eigenvalue weighted by molar-refractivity contribution is 7.92. The minimum Gasteiger partial charge on any atom is -0.486 e. The van der Waals surface area contributed by atoms with E-state index in [0.717, 1.165) is 23.3 Å². The van der Waals surface area contributed by atoms with Gasteiger partial charge in [-0.1, -0.05) is 25.1 Å². The number of anilines is 1. The maximum absolute atomic E-state index is 13.1. The van der Waals surface area contributed by atoms with Gasteiger partial charge in [0.05, 0.1) is 17.4 Å². The summed E-state index contributed by atoms with van der Waals surface area (Å²) in [7, 11) is -3.84. The van der Waals surface area contributed by atoms with Crippen LogP contribution in [0.1, 0.15) is 30.5 Å². The SMILES string of the molecule is CCC(NC(=O)Cc1ccc(NS(=O)(=O)c2ccc(F)cc2)cc1)c1ccc2c(c1)OCCO2. The molecule has 1 heterocycles. The summed E-state index contributed by atoms with van der Waals surface area (Å²) < 4.78 is 51.6. The fourth-order valence-corrected chi connectivity index (χ4v) is 4.71. The molecule has 0 aliphatic carbocycles. The molecule has 1 atom stereocenters. The Kier molecular flexibility index (Phi) is 7.02. The number of halogens is 1. The van der Waals surface area contributed by atoms with Gasteiger partial charge < -0.3 is 14.8 Å². The molecule has 7 nitrogen and oxygen atoms in total. The number of hydrogen-bond donors (Lipinski definition) is 2. The molecule has 9 heteroatoms. The van der Waals surface area contributed by atoms with E-state index in [9.17, 15) is 17.6 Å². The molecule has 0 fully saturated rings. The minimum absolute atomic E-state index is 0.0397. The predicted octanol–water partition coefficient (Wildman–Crippen LogP) is 4.21. The Balaban J connectivity index is 1.37. The zero-order valence-corrected chi connectivity index (χ0v) is 19.4. The summed E-state index contributed by atoms with van der Waals surface area (Å²) in [6.45, 7) is 3.01. The third kappa shape index (κ3) is 5.66. The number of nitrogens with one attached hydrogen (secondary N) is 2. The summed E-state index contributed by atoms with van der Waals surface area (Å²) in [5.41, 5.74) is 2.01. The molecule has 1 unspecified atom stereocenters. The fourth-order valence-electron chi connectivity index (χ4n) is 3.65. The van der Waals surface area contributed by atoms with Crippen molar-refractivity contribution in [3.8, 4) is 11.5 Å². The number of carbonyl (C=O) groups is 1. The number of sulfonamides is 1. The first-order valence-corrected chi connectivity index (χ1v) is 12.4. The molecule has 1 aliphatic rings. The summed E-state index contributed by atoms with van der Waals surface area (Å²) in [5, 5.41) is 3.04. The summed E-state index contributed by atoms with van der Waals surface area (Å²) in [5.74, 6) is 0.712. The maximum atomic E-state index is 13.1. The van der Waals surface area contributed by atoms with Gasteiger partial charge in [-0.25, -0.2) is 12.8 Å². The molecular weight excluding hydrogens is 459 g/mol. The van der Waals surface area contributed by atoms with Crippen molar-refractivity contribution in [1.82, 2.24) is 5.32 Å². The molecular formula is C25H25FN2O5S. The van der Waals surface area contributed by atoms with Gasteiger partial charge in [-0.3, -0.25) is 9.52 Å². The van der Waals surface area contributed by atoms with Crippen LogP contribution in [0.4, 0.5) is 10.1 Å². The minimum atomic E-state index is -3.84. The van der Waals surface area contributed by atoms with Gasteiger partial charge in [-0.2, -0.15) is 0 Å². The number of benzene rings is 3. The first-order chi connectivity index (χ1) is 16.3. The van der Waals surface area contributed by atoms with Gasteiger partial charge in [0.15, 0.2) is 11.5 Å². The van der Waals surface area contributed by atoms with E-state index in [0.29, 0.717) is 36.8 Å². The van der Waals surface area contributed by atoms with Gasteiger partial charge in [-0.05, 0) is 66.1 Å². The highest BCUT2D eigenvalue weighted by atomic mass is 32.2. The molecule has 2 N–H and O–H groups in total. The lowest BCUT2D eigenvalue weighted by molar-refractivity contribution is -0.121. The largest absolute Gasteiger partial charge is 0.486 e. The number of rotatable bonds is 8. The van der Waals surface area contributed by atoms with E-state index in [-0.39, 0.29) is 23.3 Å². The second-order valence-corrected chi connectivity index (χ2v) is 9.55. The normalized spacial score (nSPS) is 13.7.